The number of halogens is 3. The molecular weight excluding hydrogens is 485 g/mol. The third-order valence-electron chi connectivity index (χ3n) is 5.02. The van der Waals surface area contributed by atoms with E-state index in [2.05, 4.69) is 5.32 Å². The van der Waals surface area contributed by atoms with Crippen LogP contribution in [0, 0.1) is 0 Å². The first-order valence-electron chi connectivity index (χ1n) is 10.3. The van der Waals surface area contributed by atoms with Gasteiger partial charge in [0, 0.05) is 12.6 Å². The second-order valence-electron chi connectivity index (χ2n) is 7.37. The summed E-state index contributed by atoms with van der Waals surface area (Å²) >= 11 is 0. The maximum absolute atomic E-state index is 13.6. The van der Waals surface area contributed by atoms with Crippen LogP contribution >= 0.6 is 0 Å². The Morgan fingerprint density at radius 2 is 1.60 bits per heavy atom. The Morgan fingerprint density at radius 3 is 2.23 bits per heavy atom. The van der Waals surface area contributed by atoms with Gasteiger partial charge in [0.15, 0.2) is 0 Å². The molecule has 35 heavy (non-hydrogen) atoms. The molecule has 0 saturated heterocycles. The number of carbonyl (C=O) groups excluding carboxylic acids is 1. The number of nitrogens with zero attached hydrogens (tertiary/aromatic N) is 1. The van der Waals surface area contributed by atoms with Gasteiger partial charge in [-0.25, -0.2) is 8.42 Å². The SMILES string of the molecule is COc1ccc(OC)c(S(=O)(=O)N(CC(=O)Nc2ccccc2C(F)(F)F)Cc2ccccc2)c1. The van der Waals surface area contributed by atoms with Crippen molar-refractivity contribution in [1.29, 1.82) is 0 Å². The second kappa shape index (κ2) is 10.8. The quantitative estimate of drug-likeness (QED) is 0.458. The van der Waals surface area contributed by atoms with Crippen LogP contribution in [0.25, 0.3) is 0 Å². The average molecular weight is 509 g/mol. The van der Waals surface area contributed by atoms with Crippen molar-refractivity contribution in [2.45, 2.75) is 17.6 Å². The normalized spacial score (nSPS) is 11.8. The lowest BCUT2D eigenvalue weighted by Gasteiger charge is -2.23. The third kappa shape index (κ3) is 6.31. The van der Waals surface area contributed by atoms with Gasteiger partial charge < -0.3 is 14.8 Å². The Hall–Kier alpha value is -3.57. The lowest BCUT2D eigenvalue weighted by Crippen LogP contribution is -2.38. The highest BCUT2D eigenvalue weighted by Gasteiger charge is 2.34. The molecule has 7 nitrogen and oxygen atoms in total. The number of anilines is 1. The first-order valence-corrected chi connectivity index (χ1v) is 11.7. The minimum absolute atomic E-state index is 0.0201. The van der Waals surface area contributed by atoms with Gasteiger partial charge in [-0.3, -0.25) is 4.79 Å². The highest BCUT2D eigenvalue weighted by atomic mass is 32.2. The van der Waals surface area contributed by atoms with Crippen molar-refractivity contribution in [3.05, 3.63) is 83.9 Å². The molecule has 0 aromatic heterocycles. The molecule has 0 spiro atoms. The molecule has 0 heterocycles. The molecule has 0 aliphatic carbocycles. The van der Waals surface area contributed by atoms with Crippen LogP contribution in [0.15, 0.2) is 77.7 Å². The summed E-state index contributed by atoms with van der Waals surface area (Å²) < 4.78 is 78.4. The molecule has 0 unspecified atom stereocenters. The molecule has 186 valence electrons. The molecule has 0 bridgehead atoms. The smallest absolute Gasteiger partial charge is 0.418 e. The maximum atomic E-state index is 13.6. The number of rotatable bonds is 9. The number of carbonyl (C=O) groups is 1. The highest BCUT2D eigenvalue weighted by molar-refractivity contribution is 7.89. The van der Waals surface area contributed by atoms with Crippen LogP contribution in [-0.4, -0.2) is 39.4 Å². The van der Waals surface area contributed by atoms with E-state index in [1.165, 1.54) is 44.6 Å². The minimum atomic E-state index is -4.70. The fraction of sp³-hybridized carbons (Fsp3) is 0.208. The molecule has 0 aliphatic rings. The van der Waals surface area contributed by atoms with Crippen LogP contribution in [-0.2, 0) is 27.5 Å². The fourth-order valence-electron chi connectivity index (χ4n) is 3.33. The molecule has 3 aromatic rings. The topological polar surface area (TPSA) is 84.9 Å². The Balaban J connectivity index is 1.98. The van der Waals surface area contributed by atoms with Crippen LogP contribution < -0.4 is 14.8 Å². The maximum Gasteiger partial charge on any atom is 0.418 e. The number of hydrogen-bond acceptors (Lipinski definition) is 5. The zero-order chi connectivity index (χ0) is 25.6. The fourth-order valence-corrected chi connectivity index (χ4v) is 4.88. The van der Waals surface area contributed by atoms with E-state index in [0.717, 1.165) is 16.4 Å². The van der Waals surface area contributed by atoms with Gasteiger partial charge in [-0.1, -0.05) is 42.5 Å². The number of methoxy groups -OCH3 is 2. The van der Waals surface area contributed by atoms with E-state index in [0.29, 0.717) is 5.56 Å². The summed E-state index contributed by atoms with van der Waals surface area (Å²) in [6.45, 7) is -0.957. The lowest BCUT2D eigenvalue weighted by molar-refractivity contribution is -0.137. The summed E-state index contributed by atoms with van der Waals surface area (Å²) in [4.78, 5) is 12.6. The van der Waals surface area contributed by atoms with Gasteiger partial charge in [0.2, 0.25) is 15.9 Å². The van der Waals surface area contributed by atoms with Gasteiger partial charge in [-0.05, 0) is 29.8 Å². The second-order valence-corrected chi connectivity index (χ2v) is 9.27. The summed E-state index contributed by atoms with van der Waals surface area (Å²) in [5.41, 5.74) is -0.942. The molecule has 0 saturated carbocycles. The molecule has 1 N–H and O–H groups in total. The minimum Gasteiger partial charge on any atom is -0.497 e. The molecule has 1 amide bonds. The zero-order valence-corrected chi connectivity index (χ0v) is 19.7. The molecule has 11 heteroatoms. The Kier molecular flexibility index (Phi) is 8.03. The van der Waals surface area contributed by atoms with Crippen molar-refractivity contribution in [3.63, 3.8) is 0 Å². The van der Waals surface area contributed by atoms with Gasteiger partial charge in [-0.15, -0.1) is 0 Å². The number of sulfonamides is 1. The Morgan fingerprint density at radius 1 is 0.943 bits per heavy atom. The first kappa shape index (κ1) is 26.0. The number of ether oxygens (including phenoxy) is 2. The van der Waals surface area contributed by atoms with Gasteiger partial charge in [0.1, 0.15) is 16.4 Å². The van der Waals surface area contributed by atoms with E-state index in [1.807, 2.05) is 0 Å². The molecule has 3 rings (SSSR count). The van der Waals surface area contributed by atoms with Crippen LogP contribution in [0.5, 0.6) is 11.5 Å². The van der Waals surface area contributed by atoms with Gasteiger partial charge >= 0.3 is 6.18 Å². The zero-order valence-electron chi connectivity index (χ0n) is 18.9. The van der Waals surface area contributed by atoms with E-state index >= 15 is 0 Å². The van der Waals surface area contributed by atoms with Crippen molar-refractivity contribution < 1.29 is 35.9 Å². The van der Waals surface area contributed by atoms with Crippen LogP contribution in [0.4, 0.5) is 18.9 Å². The summed E-state index contributed by atoms with van der Waals surface area (Å²) in [6, 6.07) is 17.1. The van der Waals surface area contributed by atoms with Crippen LogP contribution in [0.2, 0.25) is 0 Å². The monoisotopic (exact) mass is 508 g/mol. The van der Waals surface area contributed by atoms with Crippen LogP contribution in [0.1, 0.15) is 11.1 Å². The predicted molar refractivity (Wildman–Crippen MR) is 124 cm³/mol. The largest absolute Gasteiger partial charge is 0.497 e. The molecule has 0 radical (unpaired) electrons. The lowest BCUT2D eigenvalue weighted by atomic mass is 10.1. The number of amides is 1. The molecule has 0 aliphatic heterocycles. The van der Waals surface area contributed by atoms with Gasteiger partial charge in [-0.2, -0.15) is 17.5 Å². The summed E-state index contributed by atoms with van der Waals surface area (Å²) in [6.07, 6.45) is -4.70. The van der Waals surface area contributed by atoms with Crippen molar-refractivity contribution in [2.24, 2.45) is 0 Å². The molecular formula is C24H23F3N2O5S. The first-order chi connectivity index (χ1) is 16.6. The molecule has 3 aromatic carbocycles. The standard InChI is InChI=1S/C24H23F3N2O5S/c1-33-18-12-13-21(34-2)22(14-18)35(31,32)29(15-17-8-4-3-5-9-17)16-23(30)28-20-11-7-6-10-19(20)24(25,26)27/h3-14H,15-16H2,1-2H3,(H,28,30). The highest BCUT2D eigenvalue weighted by Crippen LogP contribution is 2.35. The number of benzene rings is 3. The predicted octanol–water partition coefficient (Wildman–Crippen LogP) is 4.55. The Labute approximate surface area is 201 Å². The van der Waals surface area contributed by atoms with Crippen molar-refractivity contribution in [3.8, 4) is 11.5 Å². The summed E-state index contributed by atoms with van der Waals surface area (Å²) in [7, 11) is -1.69. The van der Waals surface area contributed by atoms with E-state index in [1.54, 1.807) is 30.3 Å². The molecule has 0 atom stereocenters. The van der Waals surface area contributed by atoms with Crippen LogP contribution in [0.3, 0.4) is 0 Å². The van der Waals surface area contributed by atoms with E-state index < -0.39 is 39.9 Å². The Bertz CT molecular complexity index is 1280. The third-order valence-corrected chi connectivity index (χ3v) is 6.83. The summed E-state index contributed by atoms with van der Waals surface area (Å²) in [5, 5.41) is 2.19. The number of alkyl halides is 3. The van der Waals surface area contributed by atoms with Crippen molar-refractivity contribution >= 4 is 21.6 Å². The van der Waals surface area contributed by atoms with Crippen molar-refractivity contribution in [2.75, 3.05) is 26.1 Å². The number of para-hydroxylation sites is 1. The van der Waals surface area contributed by atoms with Gasteiger partial charge in [0.25, 0.3) is 0 Å². The number of hydrogen-bond donors (Lipinski definition) is 1. The molecule has 0 fully saturated rings. The number of nitrogens with one attached hydrogen (secondary N) is 1. The average Bonchev–Trinajstić information content (AvgIpc) is 2.83. The summed E-state index contributed by atoms with van der Waals surface area (Å²) in [5.74, 6) is -0.678. The van der Waals surface area contributed by atoms with E-state index in [-0.39, 0.29) is 22.9 Å². The van der Waals surface area contributed by atoms with E-state index in [4.69, 9.17) is 9.47 Å². The van der Waals surface area contributed by atoms with Gasteiger partial charge in [0.05, 0.1) is 32.0 Å². The van der Waals surface area contributed by atoms with Crippen molar-refractivity contribution in [1.82, 2.24) is 4.31 Å². The van der Waals surface area contributed by atoms with E-state index in [9.17, 15) is 26.4 Å².